The molecule has 1 amide bonds. The van der Waals surface area contributed by atoms with Gasteiger partial charge in [-0.05, 0) is 46.8 Å². The molecule has 0 radical (unpaired) electrons. The summed E-state index contributed by atoms with van der Waals surface area (Å²) in [6.07, 6.45) is 5.52. The van der Waals surface area contributed by atoms with Gasteiger partial charge in [0.05, 0.1) is 29.3 Å². The van der Waals surface area contributed by atoms with Crippen molar-refractivity contribution in [2.75, 3.05) is 5.32 Å². The number of carbonyl (C=O) groups excluding carboxylic acids is 1. The first-order chi connectivity index (χ1) is 19.2. The van der Waals surface area contributed by atoms with Gasteiger partial charge in [-0.2, -0.15) is 5.10 Å². The Bertz CT molecular complexity index is 1940. The summed E-state index contributed by atoms with van der Waals surface area (Å²) >= 11 is 1.68. The highest BCUT2D eigenvalue weighted by Crippen LogP contribution is 2.34. The van der Waals surface area contributed by atoms with E-state index >= 15 is 0 Å². The van der Waals surface area contributed by atoms with Crippen molar-refractivity contribution in [3.8, 4) is 33.1 Å². The molecule has 0 aliphatic carbocycles. The molecule has 0 saturated heterocycles. The van der Waals surface area contributed by atoms with E-state index in [-0.39, 0.29) is 5.91 Å². The lowest BCUT2D eigenvalue weighted by atomic mass is 10.0. The number of imidazole rings is 1. The molecule has 0 fully saturated rings. The van der Waals surface area contributed by atoms with Crippen LogP contribution < -0.4 is 5.32 Å². The summed E-state index contributed by atoms with van der Waals surface area (Å²) in [6, 6.07) is 23.8. The Kier molecular flexibility index (Phi) is 5.68. The summed E-state index contributed by atoms with van der Waals surface area (Å²) in [5.74, 6) is 0.554. The van der Waals surface area contributed by atoms with Crippen molar-refractivity contribution in [1.29, 1.82) is 0 Å². The fourth-order valence-corrected chi connectivity index (χ4v) is 5.44. The van der Waals surface area contributed by atoms with Crippen LogP contribution >= 0.6 is 11.3 Å². The topological polar surface area (TPSA) is 112 Å². The van der Waals surface area contributed by atoms with Gasteiger partial charge in [-0.25, -0.2) is 9.97 Å². The Morgan fingerprint density at radius 2 is 1.87 bits per heavy atom. The first-order valence-electron chi connectivity index (χ1n) is 12.4. The summed E-state index contributed by atoms with van der Waals surface area (Å²) in [4.78, 5) is 30.8. The average Bonchev–Trinajstić information content (AvgIpc) is 3.73. The fraction of sp³-hybridized carbons (Fsp3) is 0.0333. The lowest BCUT2D eigenvalue weighted by Crippen LogP contribution is -2.14. The second-order valence-corrected chi connectivity index (χ2v) is 10.1. The maximum Gasteiger partial charge on any atom is 0.228 e. The van der Waals surface area contributed by atoms with Crippen LogP contribution in [0.1, 0.15) is 5.56 Å². The van der Waals surface area contributed by atoms with Crippen molar-refractivity contribution in [2.45, 2.75) is 6.42 Å². The average molecular weight is 528 g/mol. The summed E-state index contributed by atoms with van der Waals surface area (Å²) in [5.41, 5.74) is 7.62. The smallest absolute Gasteiger partial charge is 0.228 e. The normalized spacial score (nSPS) is 11.3. The molecule has 0 unspecified atom stereocenters. The molecule has 9 heteroatoms. The van der Waals surface area contributed by atoms with Gasteiger partial charge in [0.25, 0.3) is 0 Å². The zero-order valence-corrected chi connectivity index (χ0v) is 21.4. The van der Waals surface area contributed by atoms with Crippen molar-refractivity contribution < 1.29 is 4.79 Å². The van der Waals surface area contributed by atoms with E-state index in [9.17, 15) is 4.79 Å². The summed E-state index contributed by atoms with van der Waals surface area (Å²) < 4.78 is 0. The molecular formula is C30H21N7OS. The van der Waals surface area contributed by atoms with Crippen LogP contribution in [0.3, 0.4) is 0 Å². The second kappa shape index (κ2) is 9.62. The number of H-pyrrole nitrogens is 2. The monoisotopic (exact) mass is 527 g/mol. The van der Waals surface area contributed by atoms with Gasteiger partial charge in [0.1, 0.15) is 5.69 Å². The van der Waals surface area contributed by atoms with Gasteiger partial charge in [-0.1, -0.05) is 42.5 Å². The van der Waals surface area contributed by atoms with Crippen molar-refractivity contribution in [3.63, 3.8) is 0 Å². The van der Waals surface area contributed by atoms with E-state index in [0.717, 1.165) is 43.6 Å². The predicted molar refractivity (Wildman–Crippen MR) is 154 cm³/mol. The Labute approximate surface area is 226 Å². The van der Waals surface area contributed by atoms with Crippen LogP contribution in [0.25, 0.3) is 55.2 Å². The van der Waals surface area contributed by atoms with Gasteiger partial charge in [0.2, 0.25) is 5.91 Å². The van der Waals surface area contributed by atoms with Crippen LogP contribution in [-0.4, -0.2) is 36.0 Å². The highest BCUT2D eigenvalue weighted by Gasteiger charge is 2.17. The number of carbonyl (C=O) groups is 1. The van der Waals surface area contributed by atoms with Crippen molar-refractivity contribution in [1.82, 2.24) is 30.1 Å². The number of aromatic amines is 2. The maximum absolute atomic E-state index is 12.6. The first-order valence-corrected chi connectivity index (χ1v) is 13.3. The number of nitrogens with zero attached hydrogens (tertiary/aromatic N) is 4. The van der Waals surface area contributed by atoms with Gasteiger partial charge in [0.15, 0.2) is 11.5 Å². The Morgan fingerprint density at radius 1 is 0.949 bits per heavy atom. The van der Waals surface area contributed by atoms with E-state index in [1.807, 2.05) is 60.7 Å². The number of anilines is 1. The molecule has 3 N–H and O–H groups in total. The number of aromatic nitrogens is 6. The van der Waals surface area contributed by atoms with E-state index in [0.29, 0.717) is 29.3 Å². The summed E-state index contributed by atoms with van der Waals surface area (Å²) in [7, 11) is 0. The third kappa shape index (κ3) is 4.45. The van der Waals surface area contributed by atoms with Crippen molar-refractivity contribution in [2.24, 2.45) is 0 Å². The third-order valence-electron chi connectivity index (χ3n) is 6.53. The molecule has 0 aliphatic heterocycles. The number of amides is 1. The highest BCUT2D eigenvalue weighted by molar-refractivity contribution is 7.13. The number of benzene rings is 2. The van der Waals surface area contributed by atoms with Crippen LogP contribution in [0.15, 0.2) is 96.8 Å². The SMILES string of the molecule is O=C(Cc1ccccc1)Nc1cncc(-c2ccc3[nH]nc(-c4nc5nccc(-c6cccs6)c5[nH]4)c3c2)c1. The van der Waals surface area contributed by atoms with Gasteiger partial charge in [0, 0.05) is 33.8 Å². The molecule has 0 aliphatic rings. The minimum atomic E-state index is -0.0897. The fourth-order valence-electron chi connectivity index (χ4n) is 4.69. The Morgan fingerprint density at radius 3 is 2.74 bits per heavy atom. The molecule has 188 valence electrons. The van der Waals surface area contributed by atoms with Crippen molar-refractivity contribution >= 4 is 45.0 Å². The maximum atomic E-state index is 12.6. The lowest BCUT2D eigenvalue weighted by Gasteiger charge is -2.08. The number of fused-ring (bicyclic) bond motifs is 2. The van der Waals surface area contributed by atoms with Crippen LogP contribution in [-0.2, 0) is 11.2 Å². The molecule has 8 nitrogen and oxygen atoms in total. The van der Waals surface area contributed by atoms with Gasteiger partial charge in [-0.3, -0.25) is 14.9 Å². The molecule has 5 aromatic heterocycles. The van der Waals surface area contributed by atoms with Gasteiger partial charge < -0.3 is 10.3 Å². The van der Waals surface area contributed by atoms with E-state index in [1.54, 1.807) is 29.9 Å². The second-order valence-electron chi connectivity index (χ2n) is 9.13. The zero-order valence-electron chi connectivity index (χ0n) is 20.6. The third-order valence-corrected chi connectivity index (χ3v) is 7.43. The Hall–Kier alpha value is -5.15. The first kappa shape index (κ1) is 23.0. The van der Waals surface area contributed by atoms with Crippen molar-refractivity contribution in [3.05, 3.63) is 102 Å². The van der Waals surface area contributed by atoms with Gasteiger partial charge in [-0.15, -0.1) is 11.3 Å². The largest absolute Gasteiger partial charge is 0.335 e. The van der Waals surface area contributed by atoms with Crippen LogP contribution in [0.2, 0.25) is 0 Å². The molecule has 0 saturated carbocycles. The molecule has 0 atom stereocenters. The number of pyridine rings is 2. The van der Waals surface area contributed by atoms with Gasteiger partial charge >= 0.3 is 0 Å². The minimum Gasteiger partial charge on any atom is -0.335 e. The molecular weight excluding hydrogens is 506 g/mol. The molecule has 2 aromatic carbocycles. The molecule has 0 spiro atoms. The highest BCUT2D eigenvalue weighted by atomic mass is 32.1. The van der Waals surface area contributed by atoms with Crippen LogP contribution in [0.5, 0.6) is 0 Å². The molecule has 5 heterocycles. The number of nitrogens with one attached hydrogen (secondary N) is 3. The standard InChI is InChI=1S/C30H21N7OS/c38-26(13-18-5-2-1-3-6-18)33-21-14-20(16-31-17-21)19-8-9-24-23(15-19)28(37-36-24)30-34-27-22(25-7-4-12-39-25)10-11-32-29(27)35-30/h1-12,14-17H,13H2,(H,33,38)(H,36,37)(H,32,34,35). The molecule has 7 rings (SSSR count). The number of thiophene rings is 1. The molecule has 7 aromatic rings. The van der Waals surface area contributed by atoms with E-state index in [2.05, 4.69) is 48.0 Å². The summed E-state index contributed by atoms with van der Waals surface area (Å²) in [6.45, 7) is 0. The molecule has 0 bridgehead atoms. The quantitative estimate of drug-likeness (QED) is 0.229. The number of rotatable bonds is 6. The van der Waals surface area contributed by atoms with E-state index < -0.39 is 0 Å². The van der Waals surface area contributed by atoms with Crippen LogP contribution in [0, 0.1) is 0 Å². The zero-order chi connectivity index (χ0) is 26.2. The number of hydrogen-bond donors (Lipinski definition) is 3. The Balaban J connectivity index is 1.21. The molecule has 39 heavy (non-hydrogen) atoms. The van der Waals surface area contributed by atoms with E-state index in [4.69, 9.17) is 4.98 Å². The summed E-state index contributed by atoms with van der Waals surface area (Å²) in [5, 5.41) is 13.6. The predicted octanol–water partition coefficient (Wildman–Crippen LogP) is 6.47. The van der Waals surface area contributed by atoms with E-state index in [1.165, 1.54) is 0 Å². The lowest BCUT2D eigenvalue weighted by molar-refractivity contribution is -0.115. The van der Waals surface area contributed by atoms with Crippen LogP contribution in [0.4, 0.5) is 5.69 Å². The minimum absolute atomic E-state index is 0.0897. The number of hydrogen-bond acceptors (Lipinski definition) is 6.